The quantitative estimate of drug-likeness (QED) is 0.240. The molecular formula is C18H28N7O2+3. The molecule has 0 aliphatic carbocycles. The van der Waals surface area contributed by atoms with Gasteiger partial charge < -0.3 is 20.9 Å². The van der Waals surface area contributed by atoms with Crippen LogP contribution in [0.1, 0.15) is 11.1 Å². The molecule has 0 radical (unpaired) electrons. The molecule has 9 heteroatoms. The molecule has 0 spiro atoms. The van der Waals surface area contributed by atoms with Crippen molar-refractivity contribution < 1.29 is 16.4 Å². The second-order valence-electron chi connectivity index (χ2n) is 6.82. The van der Waals surface area contributed by atoms with Crippen molar-refractivity contribution >= 4 is 11.0 Å². The molecule has 0 atom stereocenters. The van der Waals surface area contributed by atoms with Crippen LogP contribution in [0.5, 0.6) is 0 Å². The summed E-state index contributed by atoms with van der Waals surface area (Å²) in [5.74, 6) is 0.344. The highest BCUT2D eigenvalue weighted by atomic mass is 16.2. The molecule has 144 valence electrons. The number of H-pyrrole nitrogens is 1. The maximum atomic E-state index is 12.2. The largest absolute Gasteiger partial charge is 0.353 e. The molecule has 0 bridgehead atoms. The van der Waals surface area contributed by atoms with E-state index in [1.807, 2.05) is 30.5 Å². The van der Waals surface area contributed by atoms with Crippen LogP contribution in [0.25, 0.3) is 22.6 Å². The number of aromatic nitrogens is 4. The summed E-state index contributed by atoms with van der Waals surface area (Å²) in [5.41, 5.74) is 6.77. The topological polar surface area (TPSA) is 142 Å². The lowest BCUT2D eigenvalue weighted by Gasteiger charge is -2.17. The zero-order valence-corrected chi connectivity index (χ0v) is 15.9. The number of quaternary nitrogens is 3. The van der Waals surface area contributed by atoms with Crippen LogP contribution < -0.4 is 27.6 Å². The van der Waals surface area contributed by atoms with E-state index in [-0.39, 0.29) is 5.69 Å². The van der Waals surface area contributed by atoms with E-state index >= 15 is 0 Å². The maximum absolute atomic E-state index is 12.2. The first-order chi connectivity index (χ1) is 13.0. The summed E-state index contributed by atoms with van der Waals surface area (Å²) in [7, 11) is 0. The van der Waals surface area contributed by atoms with Crippen LogP contribution in [-0.2, 0) is 6.54 Å². The van der Waals surface area contributed by atoms with Crippen molar-refractivity contribution in [2.75, 3.05) is 32.7 Å². The highest BCUT2D eigenvalue weighted by Crippen LogP contribution is 2.23. The first kappa shape index (κ1) is 19.2. The predicted octanol–water partition coefficient (Wildman–Crippen LogP) is -3.43. The molecule has 9 nitrogen and oxygen atoms in total. The number of hydrogen-bond acceptors (Lipinski definition) is 4. The second kappa shape index (κ2) is 8.38. The van der Waals surface area contributed by atoms with Crippen molar-refractivity contribution in [1.82, 2.24) is 19.5 Å². The normalized spacial score (nSPS) is 11.5. The molecule has 0 saturated carbocycles. The van der Waals surface area contributed by atoms with E-state index in [1.165, 1.54) is 0 Å². The monoisotopic (exact) mass is 374 g/mol. The van der Waals surface area contributed by atoms with Crippen molar-refractivity contribution in [2.45, 2.75) is 20.4 Å². The second-order valence-corrected chi connectivity index (χ2v) is 6.82. The van der Waals surface area contributed by atoms with Crippen LogP contribution >= 0.6 is 0 Å². The molecule has 0 amide bonds. The molecule has 0 fully saturated rings. The summed E-state index contributed by atoms with van der Waals surface area (Å²) in [5, 5.41) is 4.49. The minimum atomic E-state index is -0.641. The minimum Gasteiger partial charge on any atom is -0.353 e. The summed E-state index contributed by atoms with van der Waals surface area (Å²) in [6.07, 6.45) is 0. The van der Waals surface area contributed by atoms with Crippen molar-refractivity contribution in [3.8, 4) is 11.5 Å². The molecule has 0 aromatic heterocycles. The SMILES string of the molecule is Cc1cc2nc3c(=O)[nH]c(=O)nc-3n(CC[NH2+]CC[NH2+]CC[NH3+])c2cc1C. The van der Waals surface area contributed by atoms with Gasteiger partial charge in [-0.05, 0) is 37.1 Å². The number of aromatic amines is 1. The summed E-state index contributed by atoms with van der Waals surface area (Å²) < 4.78 is 1.94. The molecule has 27 heavy (non-hydrogen) atoms. The molecular weight excluding hydrogens is 346 g/mol. The van der Waals surface area contributed by atoms with Gasteiger partial charge in [0.2, 0.25) is 0 Å². The Balaban J connectivity index is 1.96. The number of nitrogens with zero attached hydrogens (tertiary/aromatic N) is 3. The van der Waals surface area contributed by atoms with E-state index in [2.05, 4.69) is 31.3 Å². The molecule has 3 rings (SSSR count). The van der Waals surface area contributed by atoms with E-state index in [0.29, 0.717) is 12.4 Å². The van der Waals surface area contributed by atoms with Gasteiger partial charge >= 0.3 is 5.69 Å². The summed E-state index contributed by atoms with van der Waals surface area (Å²) in [4.78, 5) is 34.7. The Bertz CT molecular complexity index is 1020. The molecule has 8 N–H and O–H groups in total. The van der Waals surface area contributed by atoms with Gasteiger partial charge in [0.25, 0.3) is 5.56 Å². The Morgan fingerprint density at radius 2 is 1.74 bits per heavy atom. The fraction of sp³-hybridized carbons (Fsp3) is 0.444. The third kappa shape index (κ3) is 4.21. The lowest BCUT2D eigenvalue weighted by Crippen LogP contribution is -2.96. The van der Waals surface area contributed by atoms with Crippen LogP contribution in [0.2, 0.25) is 0 Å². The van der Waals surface area contributed by atoms with Gasteiger partial charge in [-0.3, -0.25) is 9.78 Å². The van der Waals surface area contributed by atoms with Crippen molar-refractivity contribution in [3.05, 3.63) is 44.1 Å². The average molecular weight is 374 g/mol. The third-order valence-electron chi connectivity index (χ3n) is 4.76. The lowest BCUT2D eigenvalue weighted by atomic mass is 10.1. The Morgan fingerprint density at radius 3 is 2.48 bits per heavy atom. The van der Waals surface area contributed by atoms with Gasteiger partial charge in [0.1, 0.15) is 26.2 Å². The number of nitrogens with one attached hydrogen (secondary N) is 1. The van der Waals surface area contributed by atoms with Gasteiger partial charge in [0.15, 0.2) is 11.5 Å². The molecule has 2 aliphatic heterocycles. The number of aryl methyl sites for hydroxylation is 2. The summed E-state index contributed by atoms with van der Waals surface area (Å²) in [6.45, 7) is 9.54. The standard InChI is InChI=1S/C18H25N7O2/c1-11-9-13-14(10-12(11)2)25(8-7-21-6-5-20-4-3-19)16-15(22-13)17(26)24-18(27)23-16/h9-10,20-21H,3-8,19H2,1-2H3,(H,24,26,27)/p+3. The summed E-state index contributed by atoms with van der Waals surface area (Å²) >= 11 is 0. The molecule has 1 aromatic rings. The van der Waals surface area contributed by atoms with Crippen molar-refractivity contribution in [1.29, 1.82) is 0 Å². The Hall–Kier alpha value is -2.62. The van der Waals surface area contributed by atoms with Crippen LogP contribution in [0.4, 0.5) is 0 Å². The van der Waals surface area contributed by atoms with Gasteiger partial charge in [-0.1, -0.05) is 0 Å². The van der Waals surface area contributed by atoms with Gasteiger partial charge in [0, 0.05) is 0 Å². The lowest BCUT2D eigenvalue weighted by molar-refractivity contribution is -0.729. The van der Waals surface area contributed by atoms with Crippen molar-refractivity contribution in [2.24, 2.45) is 0 Å². The van der Waals surface area contributed by atoms with Crippen LogP contribution in [0.3, 0.4) is 0 Å². The number of benzene rings is 1. The van der Waals surface area contributed by atoms with Crippen LogP contribution in [0.15, 0.2) is 21.7 Å². The number of rotatable bonds is 8. The molecule has 0 saturated heterocycles. The highest BCUT2D eigenvalue weighted by Gasteiger charge is 2.19. The van der Waals surface area contributed by atoms with Gasteiger partial charge in [-0.15, -0.1) is 0 Å². The average Bonchev–Trinajstić information content (AvgIpc) is 2.62. The number of nitrogens with two attached hydrogens (primary N) is 2. The Kier molecular flexibility index (Phi) is 5.94. The molecule has 2 heterocycles. The fourth-order valence-electron chi connectivity index (χ4n) is 3.17. The zero-order chi connectivity index (χ0) is 19.4. The fourth-order valence-corrected chi connectivity index (χ4v) is 3.17. The van der Waals surface area contributed by atoms with E-state index in [1.54, 1.807) is 0 Å². The zero-order valence-electron chi connectivity index (χ0n) is 15.9. The molecule has 0 unspecified atom stereocenters. The minimum absolute atomic E-state index is 0.203. The van der Waals surface area contributed by atoms with E-state index in [9.17, 15) is 9.59 Å². The number of hydrogen-bond donors (Lipinski definition) is 4. The van der Waals surface area contributed by atoms with Crippen LogP contribution in [-0.4, -0.2) is 52.2 Å². The van der Waals surface area contributed by atoms with E-state index in [0.717, 1.165) is 54.9 Å². The first-order valence-electron chi connectivity index (χ1n) is 9.35. The molecule has 1 aromatic carbocycles. The van der Waals surface area contributed by atoms with Crippen LogP contribution in [0, 0.1) is 13.8 Å². The first-order valence-corrected chi connectivity index (χ1v) is 9.35. The summed E-state index contributed by atoms with van der Waals surface area (Å²) in [6, 6.07) is 4.02. The number of fused-ring (bicyclic) bond motifs is 2. The Morgan fingerprint density at radius 1 is 1.04 bits per heavy atom. The van der Waals surface area contributed by atoms with E-state index in [4.69, 9.17) is 0 Å². The Labute approximate surface area is 156 Å². The molecule has 2 aliphatic rings. The highest BCUT2D eigenvalue weighted by molar-refractivity contribution is 5.81. The smallest absolute Gasteiger partial charge is 0.349 e. The van der Waals surface area contributed by atoms with Gasteiger partial charge in [-0.2, -0.15) is 4.98 Å². The van der Waals surface area contributed by atoms with Gasteiger partial charge in [-0.25, -0.2) is 9.78 Å². The predicted molar refractivity (Wildman–Crippen MR) is 102 cm³/mol. The third-order valence-corrected chi connectivity index (χ3v) is 4.76. The maximum Gasteiger partial charge on any atom is 0.349 e. The van der Waals surface area contributed by atoms with Crippen molar-refractivity contribution in [3.63, 3.8) is 0 Å². The van der Waals surface area contributed by atoms with E-state index < -0.39 is 11.2 Å². The van der Waals surface area contributed by atoms with Gasteiger partial charge in [0.05, 0.1) is 24.1 Å².